The van der Waals surface area contributed by atoms with Gasteiger partial charge in [-0.2, -0.15) is 0 Å². The third-order valence-corrected chi connectivity index (χ3v) is 4.61. The summed E-state index contributed by atoms with van der Waals surface area (Å²) in [4.78, 5) is 0. The third-order valence-electron chi connectivity index (χ3n) is 4.61. The molecule has 0 heterocycles. The molecule has 3 atom stereocenters. The standard InChI is InChI=1S/C19H30O2/c1-13(2)16-5-7-17(8-6-16)19(20)12-21-18-10-14(3)9-15(4)11-18/h5-8,13-15,18-20H,9-12H2,1-4H3. The summed E-state index contributed by atoms with van der Waals surface area (Å²) in [6, 6.07) is 8.26. The molecule has 0 spiro atoms. The molecule has 0 saturated heterocycles. The Morgan fingerprint density at radius 3 is 2.05 bits per heavy atom. The number of hydrogen-bond acceptors (Lipinski definition) is 2. The molecule has 3 unspecified atom stereocenters. The van der Waals surface area contributed by atoms with Crippen LogP contribution >= 0.6 is 0 Å². The van der Waals surface area contributed by atoms with Crippen LogP contribution in [0.25, 0.3) is 0 Å². The van der Waals surface area contributed by atoms with Crippen molar-refractivity contribution in [1.29, 1.82) is 0 Å². The molecule has 21 heavy (non-hydrogen) atoms. The van der Waals surface area contributed by atoms with Crippen LogP contribution in [-0.2, 0) is 4.74 Å². The van der Waals surface area contributed by atoms with E-state index in [1.54, 1.807) is 0 Å². The molecular weight excluding hydrogens is 260 g/mol. The summed E-state index contributed by atoms with van der Waals surface area (Å²) in [5.74, 6) is 2.00. The van der Waals surface area contributed by atoms with Gasteiger partial charge in [-0.1, -0.05) is 52.0 Å². The van der Waals surface area contributed by atoms with E-state index in [2.05, 4.69) is 39.8 Å². The van der Waals surface area contributed by atoms with Gasteiger partial charge < -0.3 is 9.84 Å². The molecule has 1 aliphatic rings. The molecule has 1 aromatic carbocycles. The Bertz CT molecular complexity index is 414. The number of aliphatic hydroxyl groups excluding tert-OH is 1. The molecular formula is C19H30O2. The fourth-order valence-electron chi connectivity index (χ4n) is 3.44. The van der Waals surface area contributed by atoms with Crippen molar-refractivity contribution >= 4 is 0 Å². The fourth-order valence-corrected chi connectivity index (χ4v) is 3.44. The van der Waals surface area contributed by atoms with E-state index in [0.717, 1.165) is 30.2 Å². The van der Waals surface area contributed by atoms with Crippen LogP contribution in [0.4, 0.5) is 0 Å². The first-order valence-corrected chi connectivity index (χ1v) is 8.35. The fraction of sp³-hybridized carbons (Fsp3) is 0.684. The van der Waals surface area contributed by atoms with Crippen molar-refractivity contribution in [2.24, 2.45) is 11.8 Å². The van der Waals surface area contributed by atoms with Crippen LogP contribution in [0.3, 0.4) is 0 Å². The molecule has 0 aliphatic heterocycles. The third kappa shape index (κ3) is 4.82. The molecule has 1 aromatic rings. The van der Waals surface area contributed by atoms with E-state index in [1.165, 1.54) is 12.0 Å². The van der Waals surface area contributed by atoms with E-state index >= 15 is 0 Å². The second-order valence-electron chi connectivity index (χ2n) is 7.21. The minimum Gasteiger partial charge on any atom is -0.386 e. The van der Waals surface area contributed by atoms with Crippen LogP contribution in [0.1, 0.15) is 70.1 Å². The Morgan fingerprint density at radius 2 is 1.52 bits per heavy atom. The van der Waals surface area contributed by atoms with Gasteiger partial charge in [-0.25, -0.2) is 0 Å². The zero-order chi connectivity index (χ0) is 15.4. The Morgan fingerprint density at radius 1 is 1.00 bits per heavy atom. The maximum atomic E-state index is 10.3. The summed E-state index contributed by atoms with van der Waals surface area (Å²) in [5.41, 5.74) is 2.26. The largest absolute Gasteiger partial charge is 0.386 e. The minimum atomic E-state index is -0.515. The van der Waals surface area contributed by atoms with Crippen LogP contribution in [0.15, 0.2) is 24.3 Å². The molecule has 2 nitrogen and oxygen atoms in total. The molecule has 2 heteroatoms. The molecule has 2 rings (SSSR count). The summed E-state index contributed by atoms with van der Waals surface area (Å²) in [7, 11) is 0. The molecule has 0 aromatic heterocycles. The number of ether oxygens (including phenoxy) is 1. The highest BCUT2D eigenvalue weighted by molar-refractivity contribution is 5.26. The average Bonchev–Trinajstić information content (AvgIpc) is 2.44. The van der Waals surface area contributed by atoms with Crippen LogP contribution < -0.4 is 0 Å². The Labute approximate surface area is 129 Å². The number of rotatable bonds is 5. The van der Waals surface area contributed by atoms with Gasteiger partial charge in [0.15, 0.2) is 0 Å². The summed E-state index contributed by atoms with van der Waals surface area (Å²) in [6.07, 6.45) is 3.36. The highest BCUT2D eigenvalue weighted by Crippen LogP contribution is 2.31. The average molecular weight is 290 g/mol. The van der Waals surface area contributed by atoms with Gasteiger partial charge in [0.2, 0.25) is 0 Å². The number of hydrogen-bond donors (Lipinski definition) is 1. The molecule has 1 aliphatic carbocycles. The van der Waals surface area contributed by atoms with Crippen molar-refractivity contribution in [2.45, 2.75) is 65.1 Å². The quantitative estimate of drug-likeness (QED) is 0.853. The normalized spacial score (nSPS) is 27.8. The van der Waals surface area contributed by atoms with Crippen molar-refractivity contribution in [3.05, 3.63) is 35.4 Å². The first-order chi connectivity index (χ1) is 9.95. The van der Waals surface area contributed by atoms with Gasteiger partial charge in [0.1, 0.15) is 6.10 Å². The second-order valence-corrected chi connectivity index (χ2v) is 7.21. The number of aliphatic hydroxyl groups is 1. The lowest BCUT2D eigenvalue weighted by Gasteiger charge is -2.31. The highest BCUT2D eigenvalue weighted by Gasteiger charge is 2.25. The summed E-state index contributed by atoms with van der Waals surface area (Å²) < 4.78 is 5.97. The topological polar surface area (TPSA) is 29.5 Å². The second kappa shape index (κ2) is 7.42. The van der Waals surface area contributed by atoms with Gasteiger partial charge in [-0.15, -0.1) is 0 Å². The smallest absolute Gasteiger partial charge is 0.102 e. The molecule has 1 fully saturated rings. The predicted molar refractivity (Wildman–Crippen MR) is 87.4 cm³/mol. The maximum absolute atomic E-state index is 10.3. The van der Waals surface area contributed by atoms with Crippen LogP contribution in [0.2, 0.25) is 0 Å². The first kappa shape index (κ1) is 16.5. The van der Waals surface area contributed by atoms with E-state index in [4.69, 9.17) is 4.74 Å². The summed E-state index contributed by atoms with van der Waals surface area (Å²) in [6.45, 7) is 9.37. The van der Waals surface area contributed by atoms with Gasteiger partial charge >= 0.3 is 0 Å². The molecule has 1 N–H and O–H groups in total. The lowest BCUT2D eigenvalue weighted by molar-refractivity contribution is -0.0412. The van der Waals surface area contributed by atoms with Gasteiger partial charge in [-0.3, -0.25) is 0 Å². The monoisotopic (exact) mass is 290 g/mol. The van der Waals surface area contributed by atoms with E-state index in [0.29, 0.717) is 18.6 Å². The summed E-state index contributed by atoms with van der Waals surface area (Å²) in [5, 5.41) is 10.3. The minimum absolute atomic E-state index is 0.313. The molecule has 0 amide bonds. The summed E-state index contributed by atoms with van der Waals surface area (Å²) >= 11 is 0. The van der Waals surface area contributed by atoms with Gasteiger partial charge in [-0.05, 0) is 48.1 Å². The molecule has 0 radical (unpaired) electrons. The lowest BCUT2D eigenvalue weighted by Crippen LogP contribution is -2.27. The molecule has 118 valence electrons. The Kier molecular flexibility index (Phi) is 5.83. The van der Waals surface area contributed by atoms with E-state index in [-0.39, 0.29) is 0 Å². The Balaban J connectivity index is 1.85. The van der Waals surface area contributed by atoms with Gasteiger partial charge in [0.05, 0.1) is 12.7 Å². The van der Waals surface area contributed by atoms with Gasteiger partial charge in [0.25, 0.3) is 0 Å². The van der Waals surface area contributed by atoms with Gasteiger partial charge in [0, 0.05) is 0 Å². The van der Waals surface area contributed by atoms with E-state index in [9.17, 15) is 5.11 Å². The van der Waals surface area contributed by atoms with Crippen molar-refractivity contribution in [3.8, 4) is 0 Å². The first-order valence-electron chi connectivity index (χ1n) is 8.35. The molecule has 1 saturated carbocycles. The number of benzene rings is 1. The van der Waals surface area contributed by atoms with Crippen LogP contribution in [-0.4, -0.2) is 17.8 Å². The van der Waals surface area contributed by atoms with Crippen molar-refractivity contribution in [3.63, 3.8) is 0 Å². The zero-order valence-corrected chi connectivity index (χ0v) is 13.9. The molecule has 0 bridgehead atoms. The maximum Gasteiger partial charge on any atom is 0.102 e. The highest BCUT2D eigenvalue weighted by atomic mass is 16.5. The van der Waals surface area contributed by atoms with Crippen LogP contribution in [0.5, 0.6) is 0 Å². The Hall–Kier alpha value is -0.860. The van der Waals surface area contributed by atoms with E-state index in [1.807, 2.05) is 12.1 Å². The van der Waals surface area contributed by atoms with Crippen molar-refractivity contribution < 1.29 is 9.84 Å². The SMILES string of the molecule is CC1CC(C)CC(OCC(O)c2ccc(C(C)C)cc2)C1. The lowest BCUT2D eigenvalue weighted by atomic mass is 9.82. The predicted octanol–water partition coefficient (Wildman–Crippen LogP) is 4.68. The van der Waals surface area contributed by atoms with Crippen molar-refractivity contribution in [2.75, 3.05) is 6.61 Å². The van der Waals surface area contributed by atoms with Crippen LogP contribution in [0, 0.1) is 11.8 Å². The van der Waals surface area contributed by atoms with E-state index < -0.39 is 6.10 Å². The van der Waals surface area contributed by atoms with Crippen molar-refractivity contribution in [1.82, 2.24) is 0 Å². The zero-order valence-electron chi connectivity index (χ0n) is 13.9.